The largest absolute Gasteiger partial charge is 0.497 e. The van der Waals surface area contributed by atoms with Gasteiger partial charge in [-0.25, -0.2) is 15.0 Å². The Balaban J connectivity index is 1.28. The SMILES string of the molecule is COc1ccc(C(OC[C@H]2[CH][C@@H](O[Si](C(C)C)(C(C)C)C(C)C)[C@H](n3cnc4c(NC(=O)c5ccccc5)ncnc43)O2)(c2ccccc2)c2ccc(OC)cc2)cc1. The molecule has 1 fully saturated rings. The van der Waals surface area contributed by atoms with Gasteiger partial charge < -0.3 is 28.7 Å². The van der Waals surface area contributed by atoms with Crippen LogP contribution in [0.15, 0.2) is 122 Å². The first-order valence-electron chi connectivity index (χ1n) is 20.2. The number of nitrogens with one attached hydrogen (secondary N) is 1. The molecule has 0 saturated carbocycles. The first kappa shape index (κ1) is 41.7. The van der Waals surface area contributed by atoms with E-state index in [9.17, 15) is 4.79 Å². The number of carbonyl (C=O) groups excluding carboxylic acids is 1. The molecule has 1 radical (unpaired) electrons. The van der Waals surface area contributed by atoms with Crippen molar-refractivity contribution in [2.75, 3.05) is 26.1 Å². The fraction of sp³-hybridized carbons (Fsp3) is 0.340. The minimum absolute atomic E-state index is 0.183. The van der Waals surface area contributed by atoms with Gasteiger partial charge in [-0.3, -0.25) is 9.36 Å². The van der Waals surface area contributed by atoms with Crippen LogP contribution in [0, 0.1) is 6.42 Å². The quantitative estimate of drug-likeness (QED) is 0.0753. The summed E-state index contributed by atoms with van der Waals surface area (Å²) >= 11 is 0. The summed E-state index contributed by atoms with van der Waals surface area (Å²) in [5.74, 6) is 1.51. The fourth-order valence-corrected chi connectivity index (χ4v) is 14.3. The van der Waals surface area contributed by atoms with Gasteiger partial charge in [0.1, 0.15) is 23.4 Å². The Labute approximate surface area is 348 Å². The van der Waals surface area contributed by atoms with Gasteiger partial charge in [-0.05, 0) is 69.7 Å². The van der Waals surface area contributed by atoms with E-state index in [0.717, 1.165) is 28.2 Å². The molecule has 3 atom stereocenters. The molecule has 0 aliphatic carbocycles. The summed E-state index contributed by atoms with van der Waals surface area (Å²) in [6.45, 7) is 13.8. The highest BCUT2D eigenvalue weighted by atomic mass is 28.4. The van der Waals surface area contributed by atoms with E-state index in [1.165, 1.54) is 6.33 Å². The third-order valence-corrected chi connectivity index (χ3v) is 17.7. The number of anilines is 1. The minimum atomic E-state index is -2.45. The summed E-state index contributed by atoms with van der Waals surface area (Å²) in [6, 6.07) is 35.2. The van der Waals surface area contributed by atoms with E-state index in [0.29, 0.717) is 39.2 Å². The number of amides is 1. The van der Waals surface area contributed by atoms with Crippen molar-refractivity contribution in [3.05, 3.63) is 151 Å². The summed E-state index contributed by atoms with van der Waals surface area (Å²) in [5, 5.41) is 2.93. The number of ether oxygens (including phenoxy) is 4. The minimum Gasteiger partial charge on any atom is -0.497 e. The van der Waals surface area contributed by atoms with Gasteiger partial charge in [-0.1, -0.05) is 114 Å². The number of rotatable bonds is 16. The summed E-state index contributed by atoms with van der Waals surface area (Å²) in [6.07, 6.45) is 3.66. The fourth-order valence-electron chi connectivity index (χ4n) is 8.85. The molecule has 0 spiro atoms. The average molecular weight is 813 g/mol. The molecule has 1 N–H and O–H groups in total. The van der Waals surface area contributed by atoms with Crippen LogP contribution in [0.2, 0.25) is 16.6 Å². The van der Waals surface area contributed by atoms with Crippen molar-refractivity contribution in [2.45, 2.75) is 82.2 Å². The van der Waals surface area contributed by atoms with Gasteiger partial charge in [0.05, 0.1) is 39.4 Å². The number of carbonyl (C=O) groups is 1. The van der Waals surface area contributed by atoms with Crippen LogP contribution < -0.4 is 14.8 Å². The Morgan fingerprint density at radius 1 is 0.746 bits per heavy atom. The van der Waals surface area contributed by atoms with Gasteiger partial charge in [0.25, 0.3) is 5.91 Å². The molecule has 3 heterocycles. The zero-order chi connectivity index (χ0) is 41.7. The third kappa shape index (κ3) is 8.14. The van der Waals surface area contributed by atoms with Crippen LogP contribution in [0.4, 0.5) is 5.82 Å². The van der Waals surface area contributed by atoms with E-state index >= 15 is 0 Å². The van der Waals surface area contributed by atoms with Crippen molar-refractivity contribution >= 4 is 31.2 Å². The van der Waals surface area contributed by atoms with Gasteiger partial charge >= 0.3 is 0 Å². The average Bonchev–Trinajstić information content (AvgIpc) is 3.88. The molecular weight excluding hydrogens is 759 g/mol. The molecule has 59 heavy (non-hydrogen) atoms. The van der Waals surface area contributed by atoms with Crippen molar-refractivity contribution in [2.24, 2.45) is 0 Å². The Morgan fingerprint density at radius 3 is 1.83 bits per heavy atom. The van der Waals surface area contributed by atoms with E-state index in [2.05, 4.69) is 75.4 Å². The summed E-state index contributed by atoms with van der Waals surface area (Å²) in [4.78, 5) is 27.0. The predicted molar refractivity (Wildman–Crippen MR) is 232 cm³/mol. The van der Waals surface area contributed by atoms with Gasteiger partial charge in [-0.2, -0.15) is 0 Å². The Bertz CT molecular complexity index is 2230. The van der Waals surface area contributed by atoms with Gasteiger partial charge in [0.15, 0.2) is 23.2 Å². The number of methoxy groups -OCH3 is 2. The lowest BCUT2D eigenvalue weighted by molar-refractivity contribution is -0.0822. The lowest BCUT2D eigenvalue weighted by Crippen LogP contribution is -2.51. The van der Waals surface area contributed by atoms with Crippen molar-refractivity contribution in [3.8, 4) is 11.5 Å². The molecule has 2 aromatic heterocycles. The standard InChI is InChI=1S/C47H54N5O6Si/c1-31(2)59(32(3)4,33(5)6)58-41-27-40(57-46(41)52-30-50-42-43(48-29-49-44(42)52)51-45(53)34-15-11-9-12-16-34)28-56-47(35-17-13-10-14-18-35,36-19-23-38(54-7)24-20-36)37-21-25-39(55-8)26-22-37/h9-27,29-33,40-41,46H,28H2,1-8H3,(H,48,49,51,53)/t40-,41-,46-/m1/s1. The highest BCUT2D eigenvalue weighted by Crippen LogP contribution is 2.47. The molecule has 12 heteroatoms. The predicted octanol–water partition coefficient (Wildman–Crippen LogP) is 9.77. The first-order chi connectivity index (χ1) is 28.5. The summed E-state index contributed by atoms with van der Waals surface area (Å²) in [7, 11) is 0.872. The molecule has 307 valence electrons. The molecule has 11 nitrogen and oxygen atoms in total. The Hall–Kier alpha value is -5.40. The van der Waals surface area contributed by atoms with Crippen LogP contribution >= 0.6 is 0 Å². The third-order valence-electron chi connectivity index (χ3n) is 11.6. The van der Waals surface area contributed by atoms with Crippen LogP contribution in [-0.4, -0.2) is 66.8 Å². The zero-order valence-electron chi connectivity index (χ0n) is 35.0. The second kappa shape index (κ2) is 17.8. The number of aromatic nitrogens is 4. The van der Waals surface area contributed by atoms with Gasteiger partial charge in [0, 0.05) is 12.0 Å². The maximum Gasteiger partial charge on any atom is 0.256 e. The summed E-state index contributed by atoms with van der Waals surface area (Å²) < 4.78 is 34.9. The smallest absolute Gasteiger partial charge is 0.256 e. The first-order valence-corrected chi connectivity index (χ1v) is 22.4. The molecule has 1 amide bonds. The number of fused-ring (bicyclic) bond motifs is 1. The highest BCUT2D eigenvalue weighted by Gasteiger charge is 2.51. The van der Waals surface area contributed by atoms with E-state index < -0.39 is 32.4 Å². The molecule has 0 unspecified atom stereocenters. The molecule has 1 aliphatic heterocycles. The van der Waals surface area contributed by atoms with Crippen LogP contribution in [0.5, 0.6) is 11.5 Å². The molecule has 0 bridgehead atoms. The zero-order valence-corrected chi connectivity index (χ0v) is 36.0. The number of imidazole rings is 1. The maximum atomic E-state index is 13.2. The highest BCUT2D eigenvalue weighted by molar-refractivity contribution is 6.77. The van der Waals surface area contributed by atoms with E-state index in [1.54, 1.807) is 32.7 Å². The monoisotopic (exact) mass is 812 g/mol. The van der Waals surface area contributed by atoms with Crippen molar-refractivity contribution in [3.63, 3.8) is 0 Å². The second-order valence-corrected chi connectivity index (χ2v) is 21.2. The molecule has 7 rings (SSSR count). The van der Waals surface area contributed by atoms with E-state index in [1.807, 2.05) is 89.5 Å². The van der Waals surface area contributed by atoms with Crippen LogP contribution in [0.25, 0.3) is 11.2 Å². The van der Waals surface area contributed by atoms with Crippen LogP contribution in [0.1, 0.15) is 74.8 Å². The molecular formula is C47H54N5O6Si. The van der Waals surface area contributed by atoms with E-state index in [4.69, 9.17) is 28.4 Å². The van der Waals surface area contributed by atoms with Gasteiger partial charge in [0.2, 0.25) is 8.32 Å². The second-order valence-electron chi connectivity index (χ2n) is 15.8. The number of benzene rings is 4. The maximum absolute atomic E-state index is 13.2. The number of nitrogens with zero attached hydrogens (tertiary/aromatic N) is 4. The summed E-state index contributed by atoms with van der Waals surface area (Å²) in [5.41, 5.74) is 4.19. The molecule has 1 aliphatic rings. The Morgan fingerprint density at radius 2 is 1.29 bits per heavy atom. The van der Waals surface area contributed by atoms with Crippen molar-refractivity contribution in [1.82, 2.24) is 19.5 Å². The van der Waals surface area contributed by atoms with Crippen LogP contribution in [-0.2, 0) is 19.5 Å². The number of hydrogen-bond donors (Lipinski definition) is 1. The van der Waals surface area contributed by atoms with Crippen LogP contribution in [0.3, 0.4) is 0 Å². The van der Waals surface area contributed by atoms with Crippen molar-refractivity contribution < 1.29 is 28.2 Å². The molecule has 6 aromatic rings. The normalized spacial score (nSPS) is 17.2. The molecule has 1 saturated heterocycles. The van der Waals surface area contributed by atoms with Gasteiger partial charge in [-0.15, -0.1) is 0 Å². The van der Waals surface area contributed by atoms with Crippen molar-refractivity contribution in [1.29, 1.82) is 0 Å². The lowest BCUT2D eigenvalue weighted by Gasteiger charge is -2.44. The van der Waals surface area contributed by atoms with E-state index in [-0.39, 0.29) is 12.5 Å². The Kier molecular flexibility index (Phi) is 12.6. The number of hydrogen-bond acceptors (Lipinski definition) is 9. The lowest BCUT2D eigenvalue weighted by atomic mass is 9.80. The topological polar surface area (TPSA) is 119 Å². The molecule has 4 aromatic carbocycles.